The van der Waals surface area contributed by atoms with Crippen LogP contribution in [0.15, 0.2) is 0 Å². The van der Waals surface area contributed by atoms with Crippen molar-refractivity contribution in [2.24, 2.45) is 0 Å². The van der Waals surface area contributed by atoms with Gasteiger partial charge >= 0.3 is 17.1 Å². The number of hydrogen-bond donors (Lipinski definition) is 0. The van der Waals surface area contributed by atoms with E-state index in [1.807, 2.05) is 0 Å². The third-order valence-corrected chi connectivity index (χ3v) is 1.27. The third-order valence-electron chi connectivity index (χ3n) is 1.27. The molecule has 0 saturated heterocycles. The molecule has 1 radical (unpaired) electrons. The SMILES string of the molecule is CC(C)(C)[N-]CC[N-]C(C)(C)C.[Mn+2]. The van der Waals surface area contributed by atoms with Gasteiger partial charge in [-0.3, -0.25) is 0 Å². The summed E-state index contributed by atoms with van der Waals surface area (Å²) in [6.07, 6.45) is 0. The van der Waals surface area contributed by atoms with E-state index in [1.165, 1.54) is 0 Å². The molecule has 0 N–H and O–H groups in total. The van der Waals surface area contributed by atoms with Crippen LogP contribution in [0.1, 0.15) is 41.5 Å². The van der Waals surface area contributed by atoms with E-state index in [2.05, 4.69) is 52.2 Å². The zero-order valence-electron chi connectivity index (χ0n) is 9.69. The van der Waals surface area contributed by atoms with E-state index in [-0.39, 0.29) is 28.1 Å². The summed E-state index contributed by atoms with van der Waals surface area (Å²) in [6.45, 7) is 14.4. The third kappa shape index (κ3) is 15.2. The molecule has 2 nitrogen and oxygen atoms in total. The second kappa shape index (κ2) is 6.02. The van der Waals surface area contributed by atoms with Crippen LogP contribution in [-0.4, -0.2) is 24.2 Å². The Morgan fingerprint density at radius 2 is 0.923 bits per heavy atom. The summed E-state index contributed by atoms with van der Waals surface area (Å²) in [5.74, 6) is 0. The molecule has 3 heteroatoms. The van der Waals surface area contributed by atoms with Crippen molar-refractivity contribution in [2.45, 2.75) is 52.6 Å². The minimum absolute atomic E-state index is 0. The Labute approximate surface area is 93.7 Å². The van der Waals surface area contributed by atoms with Crippen LogP contribution in [0.5, 0.6) is 0 Å². The summed E-state index contributed by atoms with van der Waals surface area (Å²) in [6, 6.07) is 0. The van der Waals surface area contributed by atoms with E-state index in [4.69, 9.17) is 0 Å². The molecular weight excluding hydrogens is 203 g/mol. The van der Waals surface area contributed by atoms with Gasteiger partial charge in [0.05, 0.1) is 0 Å². The van der Waals surface area contributed by atoms with Crippen LogP contribution in [0.4, 0.5) is 0 Å². The van der Waals surface area contributed by atoms with Crippen LogP contribution >= 0.6 is 0 Å². The second-order valence-corrected chi connectivity index (χ2v) is 5.11. The molecule has 0 aliphatic carbocycles. The van der Waals surface area contributed by atoms with Crippen LogP contribution in [-0.2, 0) is 17.1 Å². The van der Waals surface area contributed by atoms with Gasteiger partial charge in [0.25, 0.3) is 0 Å². The normalized spacial score (nSPS) is 12.5. The topological polar surface area (TPSA) is 28.2 Å². The van der Waals surface area contributed by atoms with Gasteiger partial charge in [0.2, 0.25) is 0 Å². The van der Waals surface area contributed by atoms with Crippen molar-refractivity contribution in [3.05, 3.63) is 10.6 Å². The Morgan fingerprint density at radius 3 is 1.08 bits per heavy atom. The first-order valence-corrected chi connectivity index (χ1v) is 4.58. The van der Waals surface area contributed by atoms with Gasteiger partial charge in [0.15, 0.2) is 0 Å². The summed E-state index contributed by atoms with van der Waals surface area (Å²) in [7, 11) is 0. The maximum atomic E-state index is 4.47. The molecule has 0 saturated carbocycles. The minimum atomic E-state index is 0. The van der Waals surface area contributed by atoms with Crippen LogP contribution in [0.2, 0.25) is 0 Å². The number of hydrogen-bond acceptors (Lipinski definition) is 0. The molecule has 0 spiro atoms. The van der Waals surface area contributed by atoms with Crippen molar-refractivity contribution >= 4 is 0 Å². The summed E-state index contributed by atoms with van der Waals surface area (Å²) in [5.41, 5.74) is 0.181. The monoisotopic (exact) mass is 225 g/mol. The fraction of sp³-hybridized carbons (Fsp3) is 1.00. The first-order valence-electron chi connectivity index (χ1n) is 4.58. The minimum Gasteiger partial charge on any atom is -0.659 e. The van der Waals surface area contributed by atoms with Crippen molar-refractivity contribution in [2.75, 3.05) is 13.1 Å². The van der Waals surface area contributed by atoms with Gasteiger partial charge in [-0.05, 0) is 0 Å². The molecule has 0 unspecified atom stereocenters. The van der Waals surface area contributed by atoms with Crippen molar-refractivity contribution in [3.63, 3.8) is 0 Å². The van der Waals surface area contributed by atoms with E-state index in [0.717, 1.165) is 13.1 Å². The smallest absolute Gasteiger partial charge is 0.659 e. The van der Waals surface area contributed by atoms with E-state index in [9.17, 15) is 0 Å². The van der Waals surface area contributed by atoms with E-state index in [0.29, 0.717) is 0 Å². The fourth-order valence-electron chi connectivity index (χ4n) is 0.771. The van der Waals surface area contributed by atoms with Gasteiger partial charge in [-0.1, -0.05) is 41.5 Å². The van der Waals surface area contributed by atoms with Crippen molar-refractivity contribution in [1.29, 1.82) is 0 Å². The van der Waals surface area contributed by atoms with Gasteiger partial charge in [-0.25, -0.2) is 0 Å². The van der Waals surface area contributed by atoms with Gasteiger partial charge in [-0.2, -0.15) is 13.1 Å². The average Bonchev–Trinajstić information content (AvgIpc) is 1.76. The standard InChI is InChI=1S/C10H22N2.Mn/c1-9(2,3)11-7-8-12-10(4,5)6;/h7-8H2,1-6H3;/q-2;+2. The van der Waals surface area contributed by atoms with E-state index in [1.54, 1.807) is 0 Å². The van der Waals surface area contributed by atoms with Crippen LogP contribution in [0.3, 0.4) is 0 Å². The molecule has 13 heavy (non-hydrogen) atoms. The van der Waals surface area contributed by atoms with Crippen molar-refractivity contribution < 1.29 is 17.1 Å². The predicted octanol–water partition coefficient (Wildman–Crippen LogP) is 3.33. The molecule has 0 aliphatic heterocycles. The largest absolute Gasteiger partial charge is 2.00 e. The van der Waals surface area contributed by atoms with Crippen molar-refractivity contribution in [3.8, 4) is 0 Å². The van der Waals surface area contributed by atoms with Crippen LogP contribution < -0.4 is 0 Å². The molecule has 0 fully saturated rings. The first-order chi connectivity index (χ1) is 5.21. The Balaban J connectivity index is 0. The van der Waals surface area contributed by atoms with E-state index >= 15 is 0 Å². The Morgan fingerprint density at radius 1 is 0.692 bits per heavy atom. The predicted molar refractivity (Wildman–Crippen MR) is 56.0 cm³/mol. The molecule has 0 aromatic carbocycles. The molecule has 0 bridgehead atoms. The molecule has 0 heterocycles. The van der Waals surface area contributed by atoms with Crippen LogP contribution in [0, 0.1) is 0 Å². The quantitative estimate of drug-likeness (QED) is 0.520. The maximum absolute atomic E-state index is 4.47. The molecule has 0 aromatic rings. The van der Waals surface area contributed by atoms with Crippen LogP contribution in [0.25, 0.3) is 10.6 Å². The van der Waals surface area contributed by atoms with Gasteiger partial charge < -0.3 is 10.6 Å². The maximum Gasteiger partial charge on any atom is 2.00 e. The number of nitrogens with zero attached hydrogens (tertiary/aromatic N) is 2. The Kier molecular flexibility index (Phi) is 7.36. The number of rotatable bonds is 3. The summed E-state index contributed by atoms with van der Waals surface area (Å²) in [5, 5.41) is 8.93. The summed E-state index contributed by atoms with van der Waals surface area (Å²) < 4.78 is 0. The first kappa shape index (κ1) is 15.9. The molecule has 0 aliphatic rings. The zero-order chi connectivity index (χ0) is 9.83. The van der Waals surface area contributed by atoms with Gasteiger partial charge in [-0.15, -0.1) is 11.1 Å². The molecule has 0 atom stereocenters. The summed E-state index contributed by atoms with van der Waals surface area (Å²) >= 11 is 0. The van der Waals surface area contributed by atoms with Crippen molar-refractivity contribution in [1.82, 2.24) is 0 Å². The summed E-state index contributed by atoms with van der Waals surface area (Å²) in [4.78, 5) is 0. The Hall–Kier alpha value is 0.439. The fourth-order valence-corrected chi connectivity index (χ4v) is 0.771. The second-order valence-electron chi connectivity index (χ2n) is 5.11. The van der Waals surface area contributed by atoms with E-state index < -0.39 is 0 Å². The molecule has 0 aromatic heterocycles. The van der Waals surface area contributed by atoms with Gasteiger partial charge in [0, 0.05) is 0 Å². The molecule has 0 rings (SSSR count). The zero-order valence-corrected chi connectivity index (χ0v) is 10.9. The average molecular weight is 225 g/mol. The molecular formula is C10H22MnN2. The Bertz CT molecular complexity index is 106. The van der Waals surface area contributed by atoms with Gasteiger partial charge in [0.1, 0.15) is 0 Å². The molecule has 0 amide bonds. The molecule has 79 valence electrons.